The summed E-state index contributed by atoms with van der Waals surface area (Å²) in [4.78, 5) is 37.8. The van der Waals surface area contributed by atoms with Crippen molar-refractivity contribution in [3.8, 4) is 11.3 Å². The second-order valence-electron chi connectivity index (χ2n) is 8.12. The Morgan fingerprint density at radius 2 is 1.91 bits per heavy atom. The predicted octanol–water partition coefficient (Wildman–Crippen LogP) is 2.50. The van der Waals surface area contributed by atoms with E-state index in [2.05, 4.69) is 20.3 Å². The molecule has 0 saturated carbocycles. The van der Waals surface area contributed by atoms with Crippen LogP contribution >= 0.6 is 0 Å². The zero-order valence-electron chi connectivity index (χ0n) is 18.6. The van der Waals surface area contributed by atoms with Crippen molar-refractivity contribution in [2.75, 3.05) is 16.8 Å². The number of nitrogens with two attached hydrogens (primary N) is 2. The molecular formula is C23H22F3N7O2. The molecule has 5 N–H and O–H groups in total. The van der Waals surface area contributed by atoms with Gasteiger partial charge in [0.05, 0.1) is 11.3 Å². The number of primary amides is 2. The quantitative estimate of drug-likeness (QED) is 0.487. The Morgan fingerprint density at radius 1 is 1.14 bits per heavy atom. The van der Waals surface area contributed by atoms with E-state index in [0.717, 1.165) is 29.0 Å². The van der Waals surface area contributed by atoms with E-state index >= 15 is 0 Å². The van der Waals surface area contributed by atoms with Crippen LogP contribution in [-0.4, -0.2) is 39.4 Å². The number of nitrogens with one attached hydrogen (secondary N) is 1. The van der Waals surface area contributed by atoms with Gasteiger partial charge < -0.3 is 21.7 Å². The number of amides is 2. The maximum atomic E-state index is 12.9. The van der Waals surface area contributed by atoms with Crippen LogP contribution in [-0.2, 0) is 23.9 Å². The first-order chi connectivity index (χ1) is 16.5. The van der Waals surface area contributed by atoms with Crippen LogP contribution in [0.1, 0.15) is 34.1 Å². The van der Waals surface area contributed by atoms with Crippen molar-refractivity contribution in [3.63, 3.8) is 0 Å². The molecule has 3 aromatic rings. The van der Waals surface area contributed by atoms with E-state index in [1.54, 1.807) is 13.0 Å². The molecule has 0 fully saturated rings. The number of carbonyl (C=O) groups excluding carboxylic acids is 2. The molecule has 4 rings (SSSR count). The SMILES string of the molecule is C[C@H](Nc1cc(C(N)=O)nc(N2CCc3c(cccc3-c3ccc(C(F)(F)F)cn3)C2)n1)C(N)=O. The molecule has 12 heteroatoms. The maximum absolute atomic E-state index is 12.9. The highest BCUT2D eigenvalue weighted by molar-refractivity contribution is 5.92. The van der Waals surface area contributed by atoms with Crippen molar-refractivity contribution < 1.29 is 22.8 Å². The number of aromatic nitrogens is 3. The Labute approximate surface area is 198 Å². The molecule has 0 aliphatic carbocycles. The van der Waals surface area contributed by atoms with Gasteiger partial charge in [-0.3, -0.25) is 14.6 Å². The van der Waals surface area contributed by atoms with E-state index < -0.39 is 29.6 Å². The van der Waals surface area contributed by atoms with Gasteiger partial charge in [0.15, 0.2) is 0 Å². The van der Waals surface area contributed by atoms with Crippen molar-refractivity contribution in [2.24, 2.45) is 11.5 Å². The van der Waals surface area contributed by atoms with Crippen LogP contribution in [0.5, 0.6) is 0 Å². The van der Waals surface area contributed by atoms with Crippen molar-refractivity contribution in [2.45, 2.75) is 32.1 Å². The minimum atomic E-state index is -4.45. The fourth-order valence-electron chi connectivity index (χ4n) is 3.81. The monoisotopic (exact) mass is 485 g/mol. The number of rotatable bonds is 6. The van der Waals surface area contributed by atoms with Crippen LogP contribution in [0.15, 0.2) is 42.6 Å². The maximum Gasteiger partial charge on any atom is 0.417 e. The van der Waals surface area contributed by atoms with Gasteiger partial charge in [0.2, 0.25) is 11.9 Å². The van der Waals surface area contributed by atoms with Gasteiger partial charge in [-0.25, -0.2) is 4.98 Å². The predicted molar refractivity (Wildman–Crippen MR) is 122 cm³/mol. The van der Waals surface area contributed by atoms with Crippen LogP contribution < -0.4 is 21.7 Å². The first kappa shape index (κ1) is 23.9. The van der Waals surface area contributed by atoms with Gasteiger partial charge in [0.25, 0.3) is 5.91 Å². The number of fused-ring (bicyclic) bond motifs is 1. The van der Waals surface area contributed by atoms with E-state index in [-0.39, 0.29) is 17.5 Å². The summed E-state index contributed by atoms with van der Waals surface area (Å²) < 4.78 is 38.7. The third-order valence-electron chi connectivity index (χ3n) is 5.67. The lowest BCUT2D eigenvalue weighted by atomic mass is 9.92. The summed E-state index contributed by atoms with van der Waals surface area (Å²) in [5.74, 6) is -0.883. The topological polar surface area (TPSA) is 140 Å². The average molecular weight is 485 g/mol. The summed E-state index contributed by atoms with van der Waals surface area (Å²) >= 11 is 0. The Hall–Kier alpha value is -4.22. The smallest absolute Gasteiger partial charge is 0.368 e. The summed E-state index contributed by atoms with van der Waals surface area (Å²) in [6.07, 6.45) is -3.09. The second kappa shape index (κ2) is 9.20. The fourth-order valence-corrected chi connectivity index (χ4v) is 3.81. The molecule has 9 nitrogen and oxygen atoms in total. The highest BCUT2D eigenvalue weighted by atomic mass is 19.4. The molecule has 182 valence electrons. The lowest BCUT2D eigenvalue weighted by molar-refractivity contribution is -0.137. The molecule has 1 aliphatic rings. The zero-order valence-corrected chi connectivity index (χ0v) is 18.6. The van der Waals surface area contributed by atoms with Gasteiger partial charge in [-0.2, -0.15) is 18.2 Å². The summed E-state index contributed by atoms with van der Waals surface area (Å²) in [5.41, 5.74) is 13.0. The molecule has 35 heavy (non-hydrogen) atoms. The third-order valence-corrected chi connectivity index (χ3v) is 5.67. The molecule has 1 aliphatic heterocycles. The molecular weight excluding hydrogens is 463 g/mol. The number of anilines is 2. The molecule has 0 unspecified atom stereocenters. The molecule has 2 aromatic heterocycles. The van der Waals surface area contributed by atoms with Gasteiger partial charge in [0, 0.05) is 30.9 Å². The molecule has 0 radical (unpaired) electrons. The summed E-state index contributed by atoms with van der Waals surface area (Å²) in [6, 6.07) is 8.52. The number of nitrogens with zero attached hydrogens (tertiary/aromatic N) is 4. The van der Waals surface area contributed by atoms with E-state index in [1.165, 1.54) is 12.1 Å². The van der Waals surface area contributed by atoms with Gasteiger partial charge in [-0.1, -0.05) is 18.2 Å². The van der Waals surface area contributed by atoms with Crippen LogP contribution in [0, 0.1) is 0 Å². The van der Waals surface area contributed by atoms with E-state index in [1.807, 2.05) is 17.0 Å². The van der Waals surface area contributed by atoms with Crippen molar-refractivity contribution >= 4 is 23.6 Å². The van der Waals surface area contributed by atoms with Crippen LogP contribution in [0.2, 0.25) is 0 Å². The minimum Gasteiger partial charge on any atom is -0.368 e. The van der Waals surface area contributed by atoms with E-state index in [4.69, 9.17) is 11.5 Å². The van der Waals surface area contributed by atoms with Crippen LogP contribution in [0.25, 0.3) is 11.3 Å². The standard InChI is InChI=1S/C23H22F3N7O2/c1-12(20(27)34)30-19-9-18(21(28)35)31-22(32-19)33-8-7-15-13(11-33)3-2-4-16(15)17-6-5-14(10-29-17)23(24,25)26/h2-6,9-10,12H,7-8,11H2,1H3,(H2,27,34)(H2,28,35)(H,30,31,32)/t12-/m0/s1. The Balaban J connectivity index is 1.63. The summed E-state index contributed by atoms with van der Waals surface area (Å²) in [5, 5.41) is 2.83. The number of halogens is 3. The lowest BCUT2D eigenvalue weighted by Crippen LogP contribution is -2.35. The Bertz CT molecular complexity index is 1280. The molecule has 0 saturated heterocycles. The third kappa shape index (κ3) is 5.15. The number of pyridine rings is 1. The van der Waals surface area contributed by atoms with Crippen molar-refractivity contribution in [1.29, 1.82) is 0 Å². The van der Waals surface area contributed by atoms with Gasteiger partial charge in [-0.15, -0.1) is 0 Å². The number of carbonyl (C=O) groups is 2. The zero-order chi connectivity index (χ0) is 25.3. The summed E-state index contributed by atoms with van der Waals surface area (Å²) in [6.45, 7) is 2.41. The molecule has 2 amide bonds. The fraction of sp³-hybridized carbons (Fsp3) is 0.261. The highest BCUT2D eigenvalue weighted by Crippen LogP contribution is 2.33. The largest absolute Gasteiger partial charge is 0.417 e. The minimum absolute atomic E-state index is 0.0253. The number of benzene rings is 1. The lowest BCUT2D eigenvalue weighted by Gasteiger charge is -2.30. The van der Waals surface area contributed by atoms with Gasteiger partial charge in [0.1, 0.15) is 17.6 Å². The van der Waals surface area contributed by atoms with Crippen LogP contribution in [0.4, 0.5) is 24.9 Å². The van der Waals surface area contributed by atoms with Gasteiger partial charge >= 0.3 is 6.18 Å². The molecule has 1 atom stereocenters. The number of hydrogen-bond donors (Lipinski definition) is 3. The van der Waals surface area contributed by atoms with Crippen LogP contribution in [0.3, 0.4) is 0 Å². The van der Waals surface area contributed by atoms with E-state index in [0.29, 0.717) is 25.2 Å². The molecule has 0 bridgehead atoms. The summed E-state index contributed by atoms with van der Waals surface area (Å²) in [7, 11) is 0. The van der Waals surface area contributed by atoms with E-state index in [9.17, 15) is 22.8 Å². The Morgan fingerprint density at radius 3 is 2.54 bits per heavy atom. The molecule has 0 spiro atoms. The van der Waals surface area contributed by atoms with Crippen molar-refractivity contribution in [3.05, 3.63) is 65.0 Å². The number of alkyl halides is 3. The Kier molecular flexibility index (Phi) is 6.29. The van der Waals surface area contributed by atoms with Gasteiger partial charge in [-0.05, 0) is 36.6 Å². The average Bonchev–Trinajstić information content (AvgIpc) is 2.82. The highest BCUT2D eigenvalue weighted by Gasteiger charge is 2.31. The first-order valence-corrected chi connectivity index (χ1v) is 10.7. The molecule has 3 heterocycles. The molecule has 1 aromatic carbocycles. The normalized spacial score (nSPS) is 14.2. The number of hydrogen-bond acceptors (Lipinski definition) is 7. The second-order valence-corrected chi connectivity index (χ2v) is 8.12. The first-order valence-electron chi connectivity index (χ1n) is 10.7. The van der Waals surface area contributed by atoms with Crippen molar-refractivity contribution in [1.82, 2.24) is 15.0 Å².